The zero-order chi connectivity index (χ0) is 22.2. The van der Waals surface area contributed by atoms with Gasteiger partial charge in [0.15, 0.2) is 0 Å². The van der Waals surface area contributed by atoms with Crippen LogP contribution in [0.25, 0.3) is 11.6 Å². The summed E-state index contributed by atoms with van der Waals surface area (Å²) in [5.74, 6) is 1.08. The number of aryl methyl sites for hydroxylation is 1. The Bertz CT molecular complexity index is 1040. The largest absolute Gasteiger partial charge is 0.492 e. The molecule has 32 heavy (non-hydrogen) atoms. The molecule has 3 nitrogen and oxygen atoms in total. The SMILES string of the molecule is O=C1CCCN1CCOc1ccc(/C=C(/CCc2ccc(I)cc2)c2ccccc2)cc1. The summed E-state index contributed by atoms with van der Waals surface area (Å²) < 4.78 is 7.12. The molecule has 0 unspecified atom stereocenters. The van der Waals surface area contributed by atoms with Crippen molar-refractivity contribution in [1.82, 2.24) is 4.90 Å². The van der Waals surface area contributed by atoms with Crippen LogP contribution in [0.3, 0.4) is 0 Å². The van der Waals surface area contributed by atoms with Gasteiger partial charge in [-0.05, 0) is 88.4 Å². The van der Waals surface area contributed by atoms with Gasteiger partial charge in [0.2, 0.25) is 5.91 Å². The van der Waals surface area contributed by atoms with Crippen molar-refractivity contribution in [3.63, 3.8) is 0 Å². The second-order valence-electron chi connectivity index (χ2n) is 8.06. The maximum atomic E-state index is 11.7. The summed E-state index contributed by atoms with van der Waals surface area (Å²) in [5.41, 5.74) is 5.10. The van der Waals surface area contributed by atoms with E-state index in [-0.39, 0.29) is 5.91 Å². The molecule has 0 aromatic heterocycles. The van der Waals surface area contributed by atoms with Crippen LogP contribution < -0.4 is 4.74 Å². The van der Waals surface area contributed by atoms with Crippen LogP contribution in [0.2, 0.25) is 0 Å². The van der Waals surface area contributed by atoms with Crippen molar-refractivity contribution < 1.29 is 9.53 Å². The normalized spacial score (nSPS) is 14.1. The quantitative estimate of drug-likeness (QED) is 0.232. The van der Waals surface area contributed by atoms with Crippen molar-refractivity contribution >= 4 is 40.1 Å². The average molecular weight is 537 g/mol. The fraction of sp³-hybridized carbons (Fsp3) is 0.250. The molecule has 0 aliphatic carbocycles. The molecule has 0 bridgehead atoms. The minimum absolute atomic E-state index is 0.243. The van der Waals surface area contributed by atoms with E-state index in [9.17, 15) is 4.79 Å². The van der Waals surface area contributed by atoms with E-state index in [2.05, 4.69) is 95.4 Å². The molecule has 0 radical (unpaired) electrons. The van der Waals surface area contributed by atoms with E-state index < -0.39 is 0 Å². The highest BCUT2D eigenvalue weighted by Gasteiger charge is 2.19. The Morgan fingerprint density at radius 3 is 2.41 bits per heavy atom. The lowest BCUT2D eigenvalue weighted by molar-refractivity contribution is -0.128. The summed E-state index contributed by atoms with van der Waals surface area (Å²) >= 11 is 2.35. The van der Waals surface area contributed by atoms with Gasteiger partial charge in [-0.25, -0.2) is 0 Å². The van der Waals surface area contributed by atoms with Gasteiger partial charge in [0.25, 0.3) is 0 Å². The van der Waals surface area contributed by atoms with E-state index in [1.165, 1.54) is 20.3 Å². The van der Waals surface area contributed by atoms with Crippen molar-refractivity contribution in [2.45, 2.75) is 25.7 Å². The summed E-state index contributed by atoms with van der Waals surface area (Å²) in [7, 11) is 0. The van der Waals surface area contributed by atoms with Crippen molar-refractivity contribution in [2.75, 3.05) is 19.7 Å². The number of allylic oxidation sites excluding steroid dienone is 1. The van der Waals surface area contributed by atoms with Crippen LogP contribution in [0.4, 0.5) is 0 Å². The number of carbonyl (C=O) groups excluding carboxylic acids is 1. The maximum Gasteiger partial charge on any atom is 0.222 e. The first-order valence-electron chi connectivity index (χ1n) is 11.2. The number of rotatable bonds is 9. The van der Waals surface area contributed by atoms with Gasteiger partial charge in [0.05, 0.1) is 6.54 Å². The van der Waals surface area contributed by atoms with Crippen molar-refractivity contribution in [3.05, 3.63) is 99.1 Å². The first kappa shape index (κ1) is 22.6. The highest BCUT2D eigenvalue weighted by Crippen LogP contribution is 2.25. The van der Waals surface area contributed by atoms with Gasteiger partial charge >= 0.3 is 0 Å². The van der Waals surface area contributed by atoms with E-state index in [1.807, 2.05) is 17.0 Å². The van der Waals surface area contributed by atoms with Crippen LogP contribution in [0.15, 0.2) is 78.9 Å². The number of ether oxygens (including phenoxy) is 1. The molecule has 3 aromatic carbocycles. The molecule has 164 valence electrons. The molecule has 1 heterocycles. The fourth-order valence-electron chi connectivity index (χ4n) is 3.96. The second-order valence-corrected chi connectivity index (χ2v) is 9.31. The van der Waals surface area contributed by atoms with E-state index in [1.54, 1.807) is 0 Å². The lowest BCUT2D eigenvalue weighted by Gasteiger charge is -2.15. The molecule has 4 rings (SSSR count). The zero-order valence-electron chi connectivity index (χ0n) is 18.2. The van der Waals surface area contributed by atoms with Gasteiger partial charge in [-0.3, -0.25) is 4.79 Å². The molecule has 0 spiro atoms. The van der Waals surface area contributed by atoms with E-state index in [0.29, 0.717) is 19.6 Å². The lowest BCUT2D eigenvalue weighted by atomic mass is 9.96. The van der Waals surface area contributed by atoms with Crippen LogP contribution in [0.5, 0.6) is 5.75 Å². The van der Waals surface area contributed by atoms with Gasteiger partial charge in [0.1, 0.15) is 12.4 Å². The number of nitrogens with zero attached hydrogens (tertiary/aromatic N) is 1. The number of amides is 1. The van der Waals surface area contributed by atoms with Crippen LogP contribution in [-0.2, 0) is 11.2 Å². The number of hydrogen-bond acceptors (Lipinski definition) is 2. The highest BCUT2D eigenvalue weighted by molar-refractivity contribution is 14.1. The topological polar surface area (TPSA) is 29.5 Å². The van der Waals surface area contributed by atoms with Crippen molar-refractivity contribution in [2.24, 2.45) is 0 Å². The van der Waals surface area contributed by atoms with Gasteiger partial charge < -0.3 is 9.64 Å². The first-order chi connectivity index (χ1) is 15.7. The fourth-order valence-corrected chi connectivity index (χ4v) is 4.32. The third-order valence-electron chi connectivity index (χ3n) is 5.76. The minimum atomic E-state index is 0.243. The van der Waals surface area contributed by atoms with Crippen LogP contribution in [0, 0.1) is 3.57 Å². The smallest absolute Gasteiger partial charge is 0.222 e. The van der Waals surface area contributed by atoms with E-state index >= 15 is 0 Å². The van der Waals surface area contributed by atoms with Crippen LogP contribution in [-0.4, -0.2) is 30.5 Å². The highest BCUT2D eigenvalue weighted by atomic mass is 127. The third kappa shape index (κ3) is 6.45. The average Bonchev–Trinajstić information content (AvgIpc) is 3.24. The summed E-state index contributed by atoms with van der Waals surface area (Å²) in [6, 6.07) is 27.6. The molecule has 1 amide bonds. The van der Waals surface area contributed by atoms with E-state index in [0.717, 1.165) is 37.1 Å². The van der Waals surface area contributed by atoms with Crippen LogP contribution >= 0.6 is 22.6 Å². The molecule has 3 aromatic rings. The summed E-state index contributed by atoms with van der Waals surface area (Å²) in [6.07, 6.45) is 5.90. The Labute approximate surface area is 204 Å². The van der Waals surface area contributed by atoms with Gasteiger partial charge in [-0.2, -0.15) is 0 Å². The lowest BCUT2D eigenvalue weighted by Crippen LogP contribution is -2.29. The number of benzene rings is 3. The van der Waals surface area contributed by atoms with Crippen molar-refractivity contribution in [1.29, 1.82) is 0 Å². The molecule has 1 fully saturated rings. The maximum absolute atomic E-state index is 11.7. The minimum Gasteiger partial charge on any atom is -0.492 e. The van der Waals surface area contributed by atoms with Crippen LogP contribution in [0.1, 0.15) is 36.0 Å². The Kier molecular flexibility index (Phi) is 7.99. The molecule has 1 saturated heterocycles. The Hall–Kier alpha value is -2.60. The number of hydrogen-bond donors (Lipinski definition) is 0. The molecule has 0 atom stereocenters. The van der Waals surface area contributed by atoms with Gasteiger partial charge in [-0.1, -0.05) is 60.7 Å². The molecule has 1 aliphatic heterocycles. The summed E-state index contributed by atoms with van der Waals surface area (Å²) in [4.78, 5) is 13.6. The van der Waals surface area contributed by atoms with E-state index in [4.69, 9.17) is 4.74 Å². The Morgan fingerprint density at radius 2 is 1.72 bits per heavy atom. The number of carbonyl (C=O) groups is 1. The monoisotopic (exact) mass is 537 g/mol. The summed E-state index contributed by atoms with van der Waals surface area (Å²) in [6.45, 7) is 2.06. The van der Waals surface area contributed by atoms with Gasteiger partial charge in [-0.15, -0.1) is 0 Å². The second kappa shape index (κ2) is 11.3. The molecular formula is C28H28INO2. The molecule has 0 N–H and O–H groups in total. The Balaban J connectivity index is 1.41. The first-order valence-corrected chi connectivity index (χ1v) is 12.3. The van der Waals surface area contributed by atoms with Gasteiger partial charge in [0, 0.05) is 16.5 Å². The molecule has 0 saturated carbocycles. The Morgan fingerprint density at radius 1 is 0.969 bits per heavy atom. The standard InChI is InChI=1S/C28H28INO2/c29-26-14-9-22(10-15-26)8-13-25(24-5-2-1-3-6-24)21-23-11-16-27(17-12-23)32-20-19-30-18-4-7-28(30)31/h1-3,5-6,9-12,14-17,21H,4,7-8,13,18-20H2/b25-21-. The number of halogens is 1. The van der Waals surface area contributed by atoms with Crippen molar-refractivity contribution in [3.8, 4) is 5.75 Å². The molecular weight excluding hydrogens is 509 g/mol. The summed E-state index contributed by atoms with van der Waals surface area (Å²) in [5, 5.41) is 0. The third-order valence-corrected chi connectivity index (χ3v) is 6.48. The molecule has 4 heteroatoms. The molecule has 1 aliphatic rings. The zero-order valence-corrected chi connectivity index (χ0v) is 20.3. The predicted molar refractivity (Wildman–Crippen MR) is 140 cm³/mol. The number of likely N-dealkylation sites (tertiary alicyclic amines) is 1. The predicted octanol–water partition coefficient (Wildman–Crippen LogP) is 6.47.